The topological polar surface area (TPSA) is 86.2 Å². The molecular formula is C17H18B4N4O2. The Kier molecular flexibility index (Phi) is 4.64. The van der Waals surface area contributed by atoms with Crippen LogP contribution >= 0.6 is 0 Å². The van der Waals surface area contributed by atoms with Gasteiger partial charge in [-0.15, -0.1) is 0 Å². The van der Waals surface area contributed by atoms with Gasteiger partial charge in [0.2, 0.25) is 0 Å². The summed E-state index contributed by atoms with van der Waals surface area (Å²) in [5.41, 5.74) is 6.72. The van der Waals surface area contributed by atoms with Crippen LogP contribution in [0.25, 0.3) is 21.9 Å². The van der Waals surface area contributed by atoms with Gasteiger partial charge in [-0.05, 0) is 25.3 Å². The van der Waals surface area contributed by atoms with Crippen molar-refractivity contribution < 1.29 is 9.84 Å². The number of para-hydroxylation sites is 1. The third kappa shape index (κ3) is 4.01. The summed E-state index contributed by atoms with van der Waals surface area (Å²) in [5.74, 6) is 0.324. The van der Waals surface area contributed by atoms with Gasteiger partial charge < -0.3 is 20.1 Å². The number of hydrogen-bond acceptors (Lipinski definition) is 5. The number of hydrogen-bond donors (Lipinski definition) is 2. The third-order valence-corrected chi connectivity index (χ3v) is 3.89. The maximum Gasteiger partial charge on any atom is 0.152 e. The summed E-state index contributed by atoms with van der Waals surface area (Å²) >= 11 is 0. The molecule has 0 saturated heterocycles. The van der Waals surface area contributed by atoms with Crippen molar-refractivity contribution >= 4 is 59.1 Å². The zero-order chi connectivity index (χ0) is 20.2. The van der Waals surface area contributed by atoms with Gasteiger partial charge in [0.15, 0.2) is 5.82 Å². The zero-order valence-electron chi connectivity index (χ0n) is 15.6. The minimum Gasteiger partial charge on any atom is -0.400 e. The van der Waals surface area contributed by atoms with E-state index in [1.165, 1.54) is 6.92 Å². The van der Waals surface area contributed by atoms with Crippen LogP contribution in [-0.2, 0) is 16.7 Å². The number of fused-ring (bicyclic) bond motifs is 3. The second-order valence-electron chi connectivity index (χ2n) is 7.62. The molecule has 2 heterocycles. The molecule has 0 saturated carbocycles. The number of aromatic nitrogens is 3. The Bertz CT molecular complexity index is 1010. The fraction of sp³-hybridized carbons (Fsp3) is 0.412. The maximum absolute atomic E-state index is 10.4. The number of nitrogen functional groups attached to an aromatic ring is 1. The van der Waals surface area contributed by atoms with Gasteiger partial charge in [-0.3, -0.25) is 0 Å². The van der Waals surface area contributed by atoms with Gasteiger partial charge in [0, 0.05) is 10.8 Å². The highest BCUT2D eigenvalue weighted by Crippen LogP contribution is 2.33. The number of aliphatic hydroxyl groups is 1. The summed E-state index contributed by atoms with van der Waals surface area (Å²) < 4.78 is 7.10. The number of rotatable bonds is 5. The van der Waals surface area contributed by atoms with E-state index in [1.54, 1.807) is 18.4 Å². The van der Waals surface area contributed by atoms with Gasteiger partial charge >= 0.3 is 0 Å². The van der Waals surface area contributed by atoms with E-state index in [0.29, 0.717) is 16.6 Å². The summed E-state index contributed by atoms with van der Waals surface area (Å²) in [5, 5.41) is 7.69. The molecule has 130 valence electrons. The minimum atomic E-state index is -1.93. The van der Waals surface area contributed by atoms with Crippen LogP contribution in [0.5, 0.6) is 0 Å². The SMILES string of the molecule is [B]C([B])(C)OC([B])([B])c1nc2c(N)nc3ccccc3c2n1CC(C)(C)O. The van der Waals surface area contributed by atoms with E-state index in [-0.39, 0.29) is 18.2 Å². The van der Waals surface area contributed by atoms with Gasteiger partial charge in [0.25, 0.3) is 0 Å². The highest BCUT2D eigenvalue weighted by molar-refractivity contribution is 6.42. The molecule has 0 aliphatic heterocycles. The number of nitrogens with zero attached hydrogens (tertiary/aromatic N) is 3. The Balaban J connectivity index is 2.38. The summed E-state index contributed by atoms with van der Waals surface area (Å²) in [6, 6.07) is 7.43. The summed E-state index contributed by atoms with van der Waals surface area (Å²) in [7, 11) is 23.8. The van der Waals surface area contributed by atoms with Crippen LogP contribution < -0.4 is 5.73 Å². The van der Waals surface area contributed by atoms with Gasteiger partial charge in [-0.25, -0.2) is 9.97 Å². The molecule has 0 fully saturated rings. The highest BCUT2D eigenvalue weighted by Gasteiger charge is 2.33. The standard InChI is InChI=1S/C17H18B4N4O2/c1-15(2,26)8-25-12-9-6-4-5-7-10(9)23-13(22)11(12)24-14(25)17(20,21)27-16(3,18)19/h4-7,26H,8H2,1-3H3,(H2,22,23). The van der Waals surface area contributed by atoms with Crippen LogP contribution in [0.1, 0.15) is 26.6 Å². The van der Waals surface area contributed by atoms with E-state index in [9.17, 15) is 5.11 Å². The van der Waals surface area contributed by atoms with Crippen LogP contribution in [0.3, 0.4) is 0 Å². The quantitative estimate of drug-likeness (QED) is 0.649. The summed E-state index contributed by atoms with van der Waals surface area (Å²) in [6.07, 6.45) is 0. The Morgan fingerprint density at radius 3 is 2.33 bits per heavy atom. The van der Waals surface area contributed by atoms with Gasteiger partial charge in [-0.1, -0.05) is 25.1 Å². The summed E-state index contributed by atoms with van der Waals surface area (Å²) in [6.45, 7) is 4.84. The Morgan fingerprint density at radius 1 is 1.11 bits per heavy atom. The molecule has 3 N–H and O–H groups in total. The fourth-order valence-corrected chi connectivity index (χ4v) is 3.11. The van der Waals surface area contributed by atoms with E-state index >= 15 is 0 Å². The maximum atomic E-state index is 10.4. The Hall–Kier alpha value is -1.92. The minimum absolute atomic E-state index is 0.117. The van der Waals surface area contributed by atoms with Crippen molar-refractivity contribution in [3.05, 3.63) is 30.1 Å². The van der Waals surface area contributed by atoms with Crippen molar-refractivity contribution in [2.45, 2.75) is 43.7 Å². The molecule has 27 heavy (non-hydrogen) atoms. The van der Waals surface area contributed by atoms with Crippen molar-refractivity contribution in [2.24, 2.45) is 0 Å². The van der Waals surface area contributed by atoms with Crippen molar-refractivity contribution in [3.8, 4) is 0 Å². The Morgan fingerprint density at radius 2 is 1.74 bits per heavy atom. The van der Waals surface area contributed by atoms with Gasteiger partial charge in [0.1, 0.15) is 27.0 Å². The molecule has 10 heteroatoms. The number of benzene rings is 1. The molecule has 0 amide bonds. The predicted octanol–water partition coefficient (Wildman–Crippen LogP) is 0.412. The van der Waals surface area contributed by atoms with E-state index in [2.05, 4.69) is 9.97 Å². The molecule has 0 atom stereocenters. The monoisotopic (exact) mass is 354 g/mol. The lowest BCUT2D eigenvalue weighted by Gasteiger charge is -2.36. The number of nitrogens with two attached hydrogens (primary N) is 1. The van der Waals surface area contributed by atoms with Crippen molar-refractivity contribution in [3.63, 3.8) is 0 Å². The van der Waals surface area contributed by atoms with Crippen LogP contribution in [0, 0.1) is 0 Å². The first-order chi connectivity index (χ1) is 12.3. The largest absolute Gasteiger partial charge is 0.400 e. The molecule has 0 aliphatic rings. The van der Waals surface area contributed by atoms with Crippen LogP contribution in [-0.4, -0.2) is 62.0 Å². The first-order valence-electron chi connectivity index (χ1n) is 8.41. The van der Waals surface area contributed by atoms with Crippen LogP contribution in [0.2, 0.25) is 0 Å². The predicted molar refractivity (Wildman–Crippen MR) is 110 cm³/mol. The fourth-order valence-electron chi connectivity index (χ4n) is 3.11. The van der Waals surface area contributed by atoms with E-state index in [1.807, 2.05) is 24.3 Å². The number of ether oxygens (including phenoxy) is 1. The molecule has 0 spiro atoms. The number of pyridine rings is 1. The molecule has 8 radical (unpaired) electrons. The Labute approximate surface area is 163 Å². The average molecular weight is 354 g/mol. The second kappa shape index (κ2) is 6.31. The van der Waals surface area contributed by atoms with Crippen molar-refractivity contribution in [1.29, 1.82) is 0 Å². The normalized spacial score (nSPS) is 13.5. The van der Waals surface area contributed by atoms with Gasteiger partial charge in [-0.2, -0.15) is 0 Å². The highest BCUT2D eigenvalue weighted by atomic mass is 16.5. The van der Waals surface area contributed by atoms with Gasteiger partial charge in [0.05, 0.1) is 38.9 Å². The van der Waals surface area contributed by atoms with Crippen molar-refractivity contribution in [1.82, 2.24) is 14.5 Å². The average Bonchev–Trinajstić information content (AvgIpc) is 2.84. The molecule has 2 aromatic heterocycles. The zero-order valence-corrected chi connectivity index (χ0v) is 15.6. The number of anilines is 1. The van der Waals surface area contributed by atoms with Crippen molar-refractivity contribution in [2.75, 3.05) is 5.73 Å². The lowest BCUT2D eigenvalue weighted by atomic mass is 9.60. The second-order valence-corrected chi connectivity index (χ2v) is 7.62. The lowest BCUT2D eigenvalue weighted by molar-refractivity contribution is 0.0218. The molecule has 3 aromatic rings. The summed E-state index contributed by atoms with van der Waals surface area (Å²) in [4.78, 5) is 8.86. The molecule has 6 nitrogen and oxygen atoms in total. The molecule has 0 unspecified atom stereocenters. The molecular weight excluding hydrogens is 335 g/mol. The van der Waals surface area contributed by atoms with Crippen LogP contribution in [0.15, 0.2) is 24.3 Å². The third-order valence-electron chi connectivity index (χ3n) is 3.89. The van der Waals surface area contributed by atoms with E-state index < -0.39 is 16.4 Å². The first kappa shape index (κ1) is 19.8. The molecule has 0 aliphatic carbocycles. The van der Waals surface area contributed by atoms with Crippen LogP contribution in [0.4, 0.5) is 5.82 Å². The number of imidazole rings is 1. The molecule has 0 bridgehead atoms. The first-order valence-corrected chi connectivity index (χ1v) is 8.41. The molecule has 3 rings (SSSR count). The lowest BCUT2D eigenvalue weighted by Crippen LogP contribution is -2.45. The van der Waals surface area contributed by atoms with E-state index in [0.717, 1.165) is 5.39 Å². The molecule has 1 aromatic carbocycles. The van der Waals surface area contributed by atoms with E-state index in [4.69, 9.17) is 41.9 Å². The smallest absolute Gasteiger partial charge is 0.152 e.